The first-order chi connectivity index (χ1) is 10.6. The Morgan fingerprint density at radius 2 is 2.36 bits per heavy atom. The summed E-state index contributed by atoms with van der Waals surface area (Å²) in [6.45, 7) is 2.23. The Balaban J connectivity index is 1.70. The summed E-state index contributed by atoms with van der Waals surface area (Å²) in [4.78, 5) is 26.7. The van der Waals surface area contributed by atoms with Gasteiger partial charge in [0.25, 0.3) is 0 Å². The van der Waals surface area contributed by atoms with Crippen molar-refractivity contribution in [1.82, 2.24) is 10.2 Å². The summed E-state index contributed by atoms with van der Waals surface area (Å²) in [5.74, 6) is -0.334. The van der Waals surface area contributed by atoms with Gasteiger partial charge in [-0.1, -0.05) is 11.6 Å². The summed E-state index contributed by atoms with van der Waals surface area (Å²) in [5.41, 5.74) is 0.556. The van der Waals surface area contributed by atoms with Gasteiger partial charge < -0.3 is 15.2 Å². The lowest BCUT2D eigenvalue weighted by atomic mass is 9.54. The third kappa shape index (κ3) is 1.38. The Bertz CT molecular complexity index is 603. The number of carboxylic acid groups (broad SMARTS) is 1. The molecule has 1 saturated carbocycles. The second-order valence-electron chi connectivity index (χ2n) is 7.40. The number of nitrogens with one attached hydrogen (secondary N) is 1. The van der Waals surface area contributed by atoms with E-state index >= 15 is 0 Å². The van der Waals surface area contributed by atoms with Gasteiger partial charge in [-0.25, -0.2) is 0 Å². The number of hydrogen-bond acceptors (Lipinski definition) is 4. The van der Waals surface area contributed by atoms with E-state index in [1.54, 1.807) is 0 Å². The molecule has 0 aromatic heterocycles. The fraction of sp³-hybridized carbons (Fsp3) is 0.750. The van der Waals surface area contributed by atoms with Crippen LogP contribution in [0.1, 0.15) is 19.3 Å². The second-order valence-corrected chi connectivity index (χ2v) is 7.40. The zero-order chi connectivity index (χ0) is 15.1. The lowest BCUT2D eigenvalue weighted by Crippen LogP contribution is -2.71. The Morgan fingerprint density at radius 3 is 3.18 bits per heavy atom. The van der Waals surface area contributed by atoms with Crippen LogP contribution in [0.4, 0.5) is 0 Å². The summed E-state index contributed by atoms with van der Waals surface area (Å²) < 4.78 is 5.95. The number of carbonyl (C=O) groups excluding carboxylic acids is 1. The van der Waals surface area contributed by atoms with Crippen molar-refractivity contribution in [2.24, 2.45) is 17.3 Å². The number of rotatable bonds is 1. The molecule has 0 radical (unpaired) electrons. The molecule has 1 amide bonds. The molecule has 5 rings (SSSR count). The Kier molecular flexibility index (Phi) is 2.45. The van der Waals surface area contributed by atoms with Gasteiger partial charge in [-0.15, -0.1) is 0 Å². The zero-order valence-electron chi connectivity index (χ0n) is 12.3. The molecular formula is C16H20N2O4. The SMILES string of the molecule is O=C1C[C@@H]2OCC=C3CN4CC[C@]5(C(=O)O)[C@H](N1)[C@H]2[C@H]3C[C@H]45. The van der Waals surface area contributed by atoms with Crippen molar-refractivity contribution in [1.29, 1.82) is 0 Å². The molecule has 5 aliphatic rings. The highest BCUT2D eigenvalue weighted by atomic mass is 16.5. The van der Waals surface area contributed by atoms with E-state index in [1.165, 1.54) is 5.57 Å². The number of aliphatic carboxylic acids is 1. The van der Waals surface area contributed by atoms with E-state index in [4.69, 9.17) is 4.74 Å². The second kappa shape index (κ2) is 4.11. The number of amides is 1. The minimum absolute atomic E-state index is 0.0468. The summed E-state index contributed by atoms with van der Waals surface area (Å²) in [6, 6.07) is -0.252. The van der Waals surface area contributed by atoms with Crippen LogP contribution in [0.3, 0.4) is 0 Å². The standard InChI is InChI=1S/C16H20N2O4/c19-12-6-10-13-9-5-11-16(15(20)21,14(13)17-12)2-3-18(11)7-8(9)1-4-22-10/h1,9-11,13-14H,2-7H2,(H,17,19)(H,20,21)/t9-,10-,11-,13-,14+,16+/m0/s1. The Labute approximate surface area is 128 Å². The first kappa shape index (κ1) is 13.1. The number of hydrogen-bond donors (Lipinski definition) is 2. The molecule has 0 aromatic rings. The van der Waals surface area contributed by atoms with Gasteiger partial charge >= 0.3 is 5.97 Å². The van der Waals surface area contributed by atoms with Gasteiger partial charge in [0.15, 0.2) is 0 Å². The molecule has 4 fully saturated rings. The molecule has 6 heteroatoms. The van der Waals surface area contributed by atoms with Crippen molar-refractivity contribution < 1.29 is 19.4 Å². The number of nitrogens with zero attached hydrogens (tertiary/aromatic N) is 1. The van der Waals surface area contributed by atoms with Gasteiger partial charge in [0.2, 0.25) is 5.91 Å². The van der Waals surface area contributed by atoms with Crippen LogP contribution in [0, 0.1) is 17.3 Å². The molecule has 0 spiro atoms. The molecule has 0 aromatic carbocycles. The van der Waals surface area contributed by atoms with Crippen molar-refractivity contribution in [3.05, 3.63) is 11.6 Å². The van der Waals surface area contributed by atoms with Crippen molar-refractivity contribution in [2.75, 3.05) is 19.7 Å². The quantitative estimate of drug-likeness (QED) is 0.667. The van der Waals surface area contributed by atoms with Crippen LogP contribution >= 0.6 is 0 Å². The van der Waals surface area contributed by atoms with E-state index in [2.05, 4.69) is 16.3 Å². The molecule has 2 bridgehead atoms. The predicted octanol–water partition coefficient (Wildman–Crippen LogP) is -0.00490. The first-order valence-electron chi connectivity index (χ1n) is 8.18. The normalized spacial score (nSPS) is 49.2. The highest BCUT2D eigenvalue weighted by molar-refractivity contribution is 5.83. The molecule has 118 valence electrons. The monoisotopic (exact) mass is 304 g/mol. The van der Waals surface area contributed by atoms with Crippen LogP contribution in [0.25, 0.3) is 0 Å². The van der Waals surface area contributed by atoms with E-state index in [-0.39, 0.29) is 30.0 Å². The van der Waals surface area contributed by atoms with Crippen molar-refractivity contribution >= 4 is 11.9 Å². The van der Waals surface area contributed by atoms with Crippen LogP contribution in [0.15, 0.2) is 11.6 Å². The fourth-order valence-electron chi connectivity index (χ4n) is 5.91. The average molecular weight is 304 g/mol. The lowest BCUT2D eigenvalue weighted by Gasteiger charge is -2.57. The smallest absolute Gasteiger partial charge is 0.313 e. The molecule has 6 nitrogen and oxygen atoms in total. The summed E-state index contributed by atoms with van der Waals surface area (Å²) in [5, 5.41) is 13.1. The maximum absolute atomic E-state index is 12.3. The molecule has 0 unspecified atom stereocenters. The first-order valence-corrected chi connectivity index (χ1v) is 8.18. The highest BCUT2D eigenvalue weighted by Gasteiger charge is 2.68. The molecule has 4 heterocycles. The Morgan fingerprint density at radius 1 is 1.50 bits per heavy atom. The number of fused-ring (bicyclic) bond motifs is 1. The number of ether oxygens (including phenoxy) is 1. The van der Waals surface area contributed by atoms with Crippen molar-refractivity contribution in [3.63, 3.8) is 0 Å². The maximum atomic E-state index is 12.3. The third-order valence-electron chi connectivity index (χ3n) is 6.78. The van der Waals surface area contributed by atoms with Crippen LogP contribution in [0.5, 0.6) is 0 Å². The lowest BCUT2D eigenvalue weighted by molar-refractivity contribution is -0.168. The van der Waals surface area contributed by atoms with Crippen molar-refractivity contribution in [2.45, 2.75) is 37.5 Å². The molecule has 4 aliphatic heterocycles. The Hall–Kier alpha value is -1.40. The maximum Gasteiger partial charge on any atom is 0.313 e. The van der Waals surface area contributed by atoms with E-state index in [1.807, 2.05) is 0 Å². The average Bonchev–Trinajstić information content (AvgIpc) is 2.79. The van der Waals surface area contributed by atoms with Crippen LogP contribution in [0.2, 0.25) is 0 Å². The molecule has 3 saturated heterocycles. The van der Waals surface area contributed by atoms with Gasteiger partial charge in [-0.05, 0) is 18.8 Å². The number of carboxylic acids is 1. The third-order valence-corrected chi connectivity index (χ3v) is 6.78. The molecule has 2 N–H and O–H groups in total. The molecule has 6 atom stereocenters. The van der Waals surface area contributed by atoms with E-state index in [0.717, 1.165) is 19.5 Å². The molecular weight excluding hydrogens is 284 g/mol. The minimum Gasteiger partial charge on any atom is -0.481 e. The highest BCUT2D eigenvalue weighted by Crippen LogP contribution is 2.58. The zero-order valence-corrected chi connectivity index (χ0v) is 12.3. The molecule has 1 aliphatic carbocycles. The van der Waals surface area contributed by atoms with Crippen LogP contribution < -0.4 is 5.32 Å². The number of carbonyl (C=O) groups is 2. The predicted molar refractivity (Wildman–Crippen MR) is 76.0 cm³/mol. The summed E-state index contributed by atoms with van der Waals surface area (Å²) in [6.07, 6.45) is 3.92. The van der Waals surface area contributed by atoms with Crippen LogP contribution in [-0.2, 0) is 14.3 Å². The minimum atomic E-state index is -0.839. The van der Waals surface area contributed by atoms with E-state index in [9.17, 15) is 14.7 Å². The van der Waals surface area contributed by atoms with Gasteiger partial charge in [0, 0.05) is 25.0 Å². The largest absolute Gasteiger partial charge is 0.481 e. The fourth-order valence-corrected chi connectivity index (χ4v) is 5.91. The van der Waals surface area contributed by atoms with Gasteiger partial charge in [-0.3, -0.25) is 14.5 Å². The topological polar surface area (TPSA) is 78.9 Å². The summed E-state index contributed by atoms with van der Waals surface area (Å²) in [7, 11) is 0. The van der Waals surface area contributed by atoms with Crippen LogP contribution in [-0.4, -0.2) is 59.8 Å². The van der Waals surface area contributed by atoms with Gasteiger partial charge in [0.05, 0.1) is 25.2 Å². The summed E-state index contributed by atoms with van der Waals surface area (Å²) >= 11 is 0. The van der Waals surface area contributed by atoms with Gasteiger partial charge in [0.1, 0.15) is 5.41 Å². The van der Waals surface area contributed by atoms with Crippen molar-refractivity contribution in [3.8, 4) is 0 Å². The molecule has 22 heavy (non-hydrogen) atoms. The van der Waals surface area contributed by atoms with E-state index < -0.39 is 11.4 Å². The number of piperidine rings is 2. The van der Waals surface area contributed by atoms with Gasteiger partial charge in [-0.2, -0.15) is 0 Å². The van der Waals surface area contributed by atoms with E-state index in [0.29, 0.717) is 25.4 Å².